The third kappa shape index (κ3) is 4.26. The summed E-state index contributed by atoms with van der Waals surface area (Å²) >= 11 is 0. The van der Waals surface area contributed by atoms with E-state index in [0.29, 0.717) is 29.8 Å². The van der Waals surface area contributed by atoms with Gasteiger partial charge >= 0.3 is 5.97 Å². The fourth-order valence-corrected chi connectivity index (χ4v) is 6.93. The summed E-state index contributed by atoms with van der Waals surface area (Å²) in [6.45, 7) is 1.84. The van der Waals surface area contributed by atoms with E-state index >= 15 is 0 Å². The van der Waals surface area contributed by atoms with Crippen LogP contribution in [-0.2, 0) is 23.9 Å². The molecule has 214 valence electrons. The maximum atomic E-state index is 14.7. The number of fused-ring (bicyclic) bond motifs is 2. The van der Waals surface area contributed by atoms with Crippen molar-refractivity contribution in [3.8, 4) is 5.75 Å². The summed E-state index contributed by atoms with van der Waals surface area (Å²) in [7, 11) is 1.57. The van der Waals surface area contributed by atoms with Gasteiger partial charge < -0.3 is 29.1 Å². The first kappa shape index (κ1) is 27.2. The van der Waals surface area contributed by atoms with Gasteiger partial charge in [-0.3, -0.25) is 14.4 Å². The average molecular weight is 559 g/mol. The Kier molecular flexibility index (Phi) is 6.95. The Bertz CT molecular complexity index is 1390. The second-order valence-corrected chi connectivity index (χ2v) is 11.1. The van der Waals surface area contributed by atoms with Gasteiger partial charge in [-0.05, 0) is 49.6 Å². The second kappa shape index (κ2) is 10.5. The van der Waals surface area contributed by atoms with Crippen molar-refractivity contribution in [2.75, 3.05) is 31.8 Å². The normalized spacial score (nSPS) is 32.6. The lowest BCUT2D eigenvalue weighted by molar-refractivity contribution is -0.159. The first-order chi connectivity index (χ1) is 19.8. The highest BCUT2D eigenvalue weighted by Gasteiger charge is 2.75. The van der Waals surface area contributed by atoms with Crippen molar-refractivity contribution in [1.82, 2.24) is 4.90 Å². The van der Waals surface area contributed by atoms with Gasteiger partial charge in [-0.1, -0.05) is 54.6 Å². The maximum absolute atomic E-state index is 14.7. The molecule has 4 aliphatic rings. The smallest absolute Gasteiger partial charge is 0.313 e. The Morgan fingerprint density at radius 1 is 1.00 bits per heavy atom. The van der Waals surface area contributed by atoms with Crippen molar-refractivity contribution in [1.29, 1.82) is 0 Å². The molecule has 1 N–H and O–H groups in total. The average Bonchev–Trinajstić information content (AvgIpc) is 3.33. The predicted octanol–water partition coefficient (Wildman–Crippen LogP) is 3.20. The molecule has 4 heterocycles. The minimum atomic E-state index is -1.46. The van der Waals surface area contributed by atoms with E-state index in [1.54, 1.807) is 49.3 Å². The molecule has 2 amide bonds. The fourth-order valence-electron chi connectivity index (χ4n) is 6.93. The van der Waals surface area contributed by atoms with Crippen LogP contribution in [0.15, 0.2) is 78.9 Å². The summed E-state index contributed by atoms with van der Waals surface area (Å²) in [6, 6.07) is 14.3. The molecule has 0 aliphatic carbocycles. The van der Waals surface area contributed by atoms with E-state index in [4.69, 9.17) is 14.2 Å². The van der Waals surface area contributed by atoms with Crippen LogP contribution in [0.25, 0.3) is 0 Å². The largest absolute Gasteiger partial charge is 0.497 e. The van der Waals surface area contributed by atoms with E-state index in [0.717, 1.165) is 0 Å². The summed E-state index contributed by atoms with van der Waals surface area (Å²) in [5, 5.41) is 10.7. The number of ether oxygens (including phenoxy) is 3. The summed E-state index contributed by atoms with van der Waals surface area (Å²) < 4.78 is 17.8. The lowest BCUT2D eigenvalue weighted by atomic mass is 9.74. The Balaban J connectivity index is 1.52. The van der Waals surface area contributed by atoms with Crippen LogP contribution >= 0.6 is 0 Å². The summed E-state index contributed by atoms with van der Waals surface area (Å²) in [4.78, 5) is 45.9. The number of likely N-dealkylation sites (tertiary alicyclic amines) is 1. The zero-order valence-electron chi connectivity index (χ0n) is 23.1. The minimum absolute atomic E-state index is 0.234. The number of allylic oxidation sites excluding steroid dienone is 1. The van der Waals surface area contributed by atoms with Gasteiger partial charge in [0.15, 0.2) is 0 Å². The van der Waals surface area contributed by atoms with Crippen molar-refractivity contribution in [3.05, 3.63) is 84.5 Å². The van der Waals surface area contributed by atoms with Gasteiger partial charge in [0, 0.05) is 12.2 Å². The molecule has 0 aromatic heterocycles. The topological polar surface area (TPSA) is 106 Å². The van der Waals surface area contributed by atoms with Gasteiger partial charge in [0.05, 0.1) is 37.9 Å². The Morgan fingerprint density at radius 3 is 2.46 bits per heavy atom. The molecule has 2 fully saturated rings. The van der Waals surface area contributed by atoms with Gasteiger partial charge in [-0.15, -0.1) is 0 Å². The number of aliphatic hydroxyl groups is 1. The van der Waals surface area contributed by atoms with Crippen molar-refractivity contribution < 1.29 is 33.7 Å². The maximum Gasteiger partial charge on any atom is 0.313 e. The van der Waals surface area contributed by atoms with Crippen LogP contribution in [0.5, 0.6) is 5.75 Å². The molecule has 2 aromatic rings. The number of carbonyl (C=O) groups excluding carboxylic acids is 3. The first-order valence-corrected chi connectivity index (χ1v) is 14.0. The lowest BCUT2D eigenvalue weighted by Crippen LogP contribution is -2.57. The number of nitrogens with zero attached hydrogens (tertiary/aromatic N) is 2. The number of carbonyl (C=O) groups is 3. The summed E-state index contributed by atoms with van der Waals surface area (Å²) in [5.74, 6) is -2.66. The number of aliphatic hydroxyl groups excluding tert-OH is 1. The molecule has 1 unspecified atom stereocenters. The number of anilines is 1. The molecule has 6 atom stereocenters. The van der Waals surface area contributed by atoms with E-state index in [2.05, 4.69) is 0 Å². The highest BCUT2D eigenvalue weighted by Crippen LogP contribution is 2.58. The third-order valence-electron chi connectivity index (χ3n) is 8.77. The standard InChI is InChI=1S/C32H34N2O7/c1-31-16-7-4-8-19-40-30(38)26(31)25-28(36)34(24(20-35)21-10-5-3-6-11-21)27-29(37)33(18-9-17-32(25,27)41-31)22-12-14-23(39-2)15-13-22/h3,5-7,9-17,24-27,35H,4,8,18-20H2,1-2H3/b16-7-/t24-,25+,26+,27?,31-,32+/m1/s1. The summed E-state index contributed by atoms with van der Waals surface area (Å²) in [6.07, 6.45) is 8.77. The van der Waals surface area contributed by atoms with Crippen molar-refractivity contribution in [3.63, 3.8) is 0 Å². The Hall–Kier alpha value is -3.95. The van der Waals surface area contributed by atoms with Crippen LogP contribution in [-0.4, -0.2) is 71.9 Å². The lowest BCUT2D eigenvalue weighted by Gasteiger charge is -2.40. The van der Waals surface area contributed by atoms with Crippen LogP contribution in [0.2, 0.25) is 0 Å². The molecule has 41 heavy (non-hydrogen) atoms. The molecule has 1 spiro atoms. The Labute approximate surface area is 239 Å². The number of methoxy groups -OCH3 is 1. The molecular weight excluding hydrogens is 524 g/mol. The van der Waals surface area contributed by atoms with Crippen molar-refractivity contribution in [2.45, 2.75) is 43.1 Å². The SMILES string of the molecule is COc1ccc(N2CC=C[C@]34O[C@]5(C)/C=C\CCCOC(=O)[C@@H]5[C@H]3C(=O)N([C@H](CO)c3ccccc3)C4C2=O)cc1. The molecule has 0 saturated carbocycles. The number of hydrogen-bond acceptors (Lipinski definition) is 7. The molecule has 2 aromatic carbocycles. The van der Waals surface area contributed by atoms with E-state index in [9.17, 15) is 19.5 Å². The molecule has 2 saturated heterocycles. The predicted molar refractivity (Wildman–Crippen MR) is 150 cm³/mol. The van der Waals surface area contributed by atoms with Crippen LogP contribution in [0.3, 0.4) is 0 Å². The molecule has 0 bridgehead atoms. The number of amides is 2. The van der Waals surface area contributed by atoms with Gasteiger partial charge in [0.25, 0.3) is 5.91 Å². The molecule has 4 aliphatic heterocycles. The number of benzene rings is 2. The molecule has 0 radical (unpaired) electrons. The van der Waals surface area contributed by atoms with Gasteiger partial charge in [-0.2, -0.15) is 0 Å². The molecule has 6 rings (SSSR count). The third-order valence-corrected chi connectivity index (χ3v) is 8.77. The minimum Gasteiger partial charge on any atom is -0.497 e. The zero-order valence-corrected chi connectivity index (χ0v) is 23.1. The number of rotatable bonds is 5. The van der Waals surface area contributed by atoms with Crippen molar-refractivity contribution >= 4 is 23.5 Å². The van der Waals surface area contributed by atoms with E-state index in [-0.39, 0.29) is 19.1 Å². The van der Waals surface area contributed by atoms with Crippen LogP contribution in [0, 0.1) is 11.8 Å². The first-order valence-electron chi connectivity index (χ1n) is 14.0. The number of esters is 1. The van der Waals surface area contributed by atoms with E-state index in [1.807, 2.05) is 48.6 Å². The monoisotopic (exact) mass is 558 g/mol. The highest BCUT2D eigenvalue weighted by atomic mass is 16.6. The van der Waals surface area contributed by atoms with Crippen LogP contribution < -0.4 is 9.64 Å². The highest BCUT2D eigenvalue weighted by molar-refractivity contribution is 6.05. The van der Waals surface area contributed by atoms with Crippen molar-refractivity contribution in [2.24, 2.45) is 11.8 Å². The van der Waals surface area contributed by atoms with Gasteiger partial charge in [0.2, 0.25) is 5.91 Å². The molecule has 9 nitrogen and oxygen atoms in total. The summed E-state index contributed by atoms with van der Waals surface area (Å²) in [5.41, 5.74) is -1.33. The quantitative estimate of drug-likeness (QED) is 0.444. The van der Waals surface area contributed by atoms with E-state index < -0.39 is 53.6 Å². The van der Waals surface area contributed by atoms with Crippen LogP contribution in [0.4, 0.5) is 5.69 Å². The fraction of sp³-hybridized carbons (Fsp3) is 0.406. The van der Waals surface area contributed by atoms with Crippen LogP contribution in [0.1, 0.15) is 31.4 Å². The molecule has 9 heteroatoms. The van der Waals surface area contributed by atoms with E-state index in [1.165, 1.54) is 4.90 Å². The zero-order chi connectivity index (χ0) is 28.8. The van der Waals surface area contributed by atoms with Gasteiger partial charge in [0.1, 0.15) is 23.3 Å². The molecular formula is C32H34N2O7. The van der Waals surface area contributed by atoms with Gasteiger partial charge in [-0.25, -0.2) is 0 Å². The Morgan fingerprint density at radius 2 is 1.76 bits per heavy atom. The second-order valence-electron chi connectivity index (χ2n) is 11.1. The number of hydrogen-bond donors (Lipinski definition) is 1. The number of cyclic esters (lactones) is 1.